The number of carbonyl (C=O) groups is 1. The van der Waals surface area contributed by atoms with Gasteiger partial charge in [0, 0.05) is 16.5 Å². The highest BCUT2D eigenvalue weighted by atomic mass is 16.5. The van der Waals surface area contributed by atoms with E-state index in [1.807, 2.05) is 41.5 Å². The first-order valence-corrected chi connectivity index (χ1v) is 6.32. The molecular formula is C14H29NO2. The minimum atomic E-state index is -0.432. The van der Waals surface area contributed by atoms with Gasteiger partial charge in [-0.15, -0.1) is 0 Å². The molecule has 0 atom stereocenters. The van der Waals surface area contributed by atoms with Gasteiger partial charge in [-0.3, -0.25) is 0 Å². The van der Waals surface area contributed by atoms with Crippen LogP contribution >= 0.6 is 0 Å². The first kappa shape index (κ1) is 16.6. The number of hydroxylamine groups is 2. The second-order valence-electron chi connectivity index (χ2n) is 7.22. The number of carbonyl (C=O) groups excluding carboxylic acids is 1. The van der Waals surface area contributed by atoms with Gasteiger partial charge in [-0.25, -0.2) is 0 Å². The van der Waals surface area contributed by atoms with Gasteiger partial charge in [-0.2, -0.15) is 5.06 Å². The molecular weight excluding hydrogens is 214 g/mol. The van der Waals surface area contributed by atoms with E-state index in [0.717, 1.165) is 6.29 Å². The molecule has 0 aromatic carbocycles. The van der Waals surface area contributed by atoms with E-state index >= 15 is 0 Å². The maximum Gasteiger partial charge on any atom is 0.125 e. The fraction of sp³-hybridized carbons (Fsp3) is 0.929. The summed E-state index contributed by atoms with van der Waals surface area (Å²) in [4.78, 5) is 11.0. The highest BCUT2D eigenvalue weighted by Gasteiger charge is 2.41. The van der Waals surface area contributed by atoms with Crippen LogP contribution in [0, 0.1) is 11.3 Å². The van der Waals surface area contributed by atoms with Gasteiger partial charge in [0.1, 0.15) is 6.29 Å². The summed E-state index contributed by atoms with van der Waals surface area (Å²) in [6.45, 7) is 16.0. The van der Waals surface area contributed by atoms with Crippen molar-refractivity contribution in [3.63, 3.8) is 0 Å². The monoisotopic (exact) mass is 243 g/mol. The van der Waals surface area contributed by atoms with Crippen LogP contribution in [-0.4, -0.2) is 27.6 Å². The number of hydrogen-bond donors (Lipinski definition) is 1. The molecule has 0 saturated carbocycles. The molecule has 0 spiro atoms. The number of aldehydes is 1. The fourth-order valence-electron chi connectivity index (χ4n) is 2.26. The van der Waals surface area contributed by atoms with Crippen molar-refractivity contribution < 1.29 is 10.0 Å². The minimum absolute atomic E-state index is 0.317. The Balaban J connectivity index is 5.00. The van der Waals surface area contributed by atoms with Crippen LogP contribution < -0.4 is 0 Å². The summed E-state index contributed by atoms with van der Waals surface area (Å²) in [6, 6.07) is 0. The molecule has 0 heterocycles. The van der Waals surface area contributed by atoms with Gasteiger partial charge in [0.05, 0.1) is 0 Å². The Kier molecular flexibility index (Phi) is 4.95. The van der Waals surface area contributed by atoms with E-state index in [4.69, 9.17) is 0 Å². The maximum absolute atomic E-state index is 11.0. The quantitative estimate of drug-likeness (QED) is 0.573. The fourth-order valence-corrected chi connectivity index (χ4v) is 2.26. The highest BCUT2D eigenvalue weighted by molar-refractivity contribution is 5.58. The standard InChI is InChI=1S/C14H29NO2/c1-11(2)14(7,8)15(17)13(5,6)9-12(3,4)10-16/h10-11,17H,9H2,1-8H3. The third-order valence-corrected chi connectivity index (χ3v) is 3.74. The third kappa shape index (κ3) is 4.07. The molecule has 0 saturated heterocycles. The van der Waals surface area contributed by atoms with Crippen molar-refractivity contribution >= 4 is 6.29 Å². The van der Waals surface area contributed by atoms with E-state index in [0.29, 0.717) is 12.3 Å². The van der Waals surface area contributed by atoms with Gasteiger partial charge in [0.15, 0.2) is 0 Å². The molecule has 0 rings (SSSR count). The van der Waals surface area contributed by atoms with Gasteiger partial charge < -0.3 is 10.0 Å². The molecule has 0 bridgehead atoms. The molecule has 0 amide bonds. The van der Waals surface area contributed by atoms with Crippen molar-refractivity contribution in [2.45, 2.75) is 72.9 Å². The van der Waals surface area contributed by atoms with Crippen LogP contribution in [0.25, 0.3) is 0 Å². The van der Waals surface area contributed by atoms with Crippen molar-refractivity contribution in [2.24, 2.45) is 11.3 Å². The Labute approximate surface area is 106 Å². The molecule has 0 aliphatic heterocycles. The summed E-state index contributed by atoms with van der Waals surface area (Å²) in [5.74, 6) is 0.325. The second kappa shape index (κ2) is 5.07. The molecule has 0 radical (unpaired) electrons. The molecule has 0 aliphatic rings. The van der Waals surface area contributed by atoms with Crippen LogP contribution in [-0.2, 0) is 4.79 Å². The Morgan fingerprint density at radius 1 is 1.12 bits per heavy atom. The Hall–Kier alpha value is -0.410. The Morgan fingerprint density at radius 2 is 1.53 bits per heavy atom. The van der Waals surface area contributed by atoms with Crippen molar-refractivity contribution in [3.8, 4) is 0 Å². The molecule has 0 aromatic heterocycles. The van der Waals surface area contributed by atoms with Crippen LogP contribution in [0.5, 0.6) is 0 Å². The lowest BCUT2D eigenvalue weighted by Gasteiger charge is -2.48. The summed E-state index contributed by atoms with van der Waals surface area (Å²) in [5.41, 5.74) is -1.17. The molecule has 0 aliphatic carbocycles. The molecule has 102 valence electrons. The average molecular weight is 243 g/mol. The second-order valence-corrected chi connectivity index (χ2v) is 7.22. The Bertz CT molecular complexity index is 267. The topological polar surface area (TPSA) is 40.5 Å². The Morgan fingerprint density at radius 3 is 1.82 bits per heavy atom. The van der Waals surface area contributed by atoms with Crippen LogP contribution in [0.1, 0.15) is 61.8 Å². The number of hydrogen-bond acceptors (Lipinski definition) is 3. The zero-order valence-electron chi connectivity index (χ0n) is 12.7. The molecule has 0 aromatic rings. The van der Waals surface area contributed by atoms with Crippen molar-refractivity contribution in [1.29, 1.82) is 0 Å². The van der Waals surface area contributed by atoms with Gasteiger partial charge in [-0.1, -0.05) is 27.7 Å². The lowest BCUT2D eigenvalue weighted by Crippen LogP contribution is -2.57. The number of rotatable bonds is 6. The number of nitrogens with zero attached hydrogens (tertiary/aromatic N) is 1. The highest BCUT2D eigenvalue weighted by Crippen LogP contribution is 2.35. The van der Waals surface area contributed by atoms with E-state index in [9.17, 15) is 10.0 Å². The summed E-state index contributed by atoms with van der Waals surface area (Å²) in [7, 11) is 0. The van der Waals surface area contributed by atoms with E-state index in [-0.39, 0.29) is 5.54 Å². The molecule has 17 heavy (non-hydrogen) atoms. The lowest BCUT2D eigenvalue weighted by atomic mass is 9.78. The van der Waals surface area contributed by atoms with E-state index < -0.39 is 11.0 Å². The van der Waals surface area contributed by atoms with Gasteiger partial charge in [-0.05, 0) is 40.0 Å². The summed E-state index contributed by atoms with van der Waals surface area (Å²) in [5, 5.41) is 11.9. The minimum Gasteiger partial charge on any atom is -0.313 e. The normalized spacial score (nSPS) is 14.5. The first-order chi connectivity index (χ1) is 7.37. The zero-order chi connectivity index (χ0) is 14.1. The van der Waals surface area contributed by atoms with E-state index in [2.05, 4.69) is 13.8 Å². The van der Waals surface area contributed by atoms with Crippen LogP contribution in [0.4, 0.5) is 0 Å². The van der Waals surface area contributed by atoms with Crippen molar-refractivity contribution in [3.05, 3.63) is 0 Å². The summed E-state index contributed by atoms with van der Waals surface area (Å²) in [6.07, 6.45) is 1.58. The molecule has 1 N–H and O–H groups in total. The molecule has 0 fully saturated rings. The van der Waals surface area contributed by atoms with Gasteiger partial charge >= 0.3 is 0 Å². The van der Waals surface area contributed by atoms with Crippen molar-refractivity contribution in [1.82, 2.24) is 5.06 Å². The first-order valence-electron chi connectivity index (χ1n) is 6.32. The SMILES string of the molecule is CC(C)C(C)(C)N(O)C(C)(C)CC(C)(C)C=O. The van der Waals surface area contributed by atoms with Crippen molar-refractivity contribution in [2.75, 3.05) is 0 Å². The summed E-state index contributed by atoms with van der Waals surface area (Å²) >= 11 is 0. The van der Waals surface area contributed by atoms with Crippen LogP contribution in [0.3, 0.4) is 0 Å². The van der Waals surface area contributed by atoms with Crippen LogP contribution in [0.15, 0.2) is 0 Å². The van der Waals surface area contributed by atoms with E-state index in [1.165, 1.54) is 5.06 Å². The predicted octanol–water partition coefficient (Wildman–Crippen LogP) is 3.51. The molecule has 3 nitrogen and oxygen atoms in total. The molecule has 0 unspecified atom stereocenters. The smallest absolute Gasteiger partial charge is 0.125 e. The van der Waals surface area contributed by atoms with Gasteiger partial charge in [0.25, 0.3) is 0 Å². The molecule has 3 heteroatoms. The van der Waals surface area contributed by atoms with E-state index in [1.54, 1.807) is 0 Å². The maximum atomic E-state index is 11.0. The summed E-state index contributed by atoms with van der Waals surface area (Å²) < 4.78 is 0. The van der Waals surface area contributed by atoms with Gasteiger partial charge in [0.2, 0.25) is 0 Å². The third-order valence-electron chi connectivity index (χ3n) is 3.74. The predicted molar refractivity (Wildman–Crippen MR) is 71.1 cm³/mol. The zero-order valence-corrected chi connectivity index (χ0v) is 12.7. The lowest BCUT2D eigenvalue weighted by molar-refractivity contribution is -0.240. The average Bonchev–Trinajstić information content (AvgIpc) is 2.14. The van der Waals surface area contributed by atoms with Crippen LogP contribution in [0.2, 0.25) is 0 Å². The largest absolute Gasteiger partial charge is 0.313 e.